The Morgan fingerprint density at radius 2 is 2.45 bits per heavy atom. The van der Waals surface area contributed by atoms with Gasteiger partial charge in [0.25, 0.3) is 0 Å². The Morgan fingerprint density at radius 1 is 1.55 bits per heavy atom. The van der Waals surface area contributed by atoms with Gasteiger partial charge in [0.1, 0.15) is 5.75 Å². The molecule has 1 aromatic heterocycles. The summed E-state index contributed by atoms with van der Waals surface area (Å²) >= 11 is 0. The van der Waals surface area contributed by atoms with Crippen LogP contribution in [-0.4, -0.2) is 12.1 Å². The van der Waals surface area contributed by atoms with E-state index < -0.39 is 0 Å². The van der Waals surface area contributed by atoms with Crippen molar-refractivity contribution in [2.24, 2.45) is 0 Å². The maximum atomic E-state index is 5.02. The average Bonchev–Trinajstić information content (AvgIpc) is 2.50. The summed E-state index contributed by atoms with van der Waals surface area (Å²) in [5.74, 6) is 0.775. The molecule has 2 heteroatoms. The van der Waals surface area contributed by atoms with Crippen LogP contribution in [0.2, 0.25) is 0 Å². The maximum Gasteiger partial charge on any atom is 0.127 e. The van der Waals surface area contributed by atoms with E-state index in [1.807, 2.05) is 24.4 Å². The molecular weight excluding hydrogens is 138 g/mol. The SMILES string of the molecule is COc1[c]cc2[nH]ccc2c1. The van der Waals surface area contributed by atoms with Gasteiger partial charge in [-0.3, -0.25) is 0 Å². The minimum Gasteiger partial charge on any atom is -0.496 e. The zero-order valence-corrected chi connectivity index (χ0v) is 6.22. The highest BCUT2D eigenvalue weighted by atomic mass is 16.5. The van der Waals surface area contributed by atoms with Crippen LogP contribution in [0.25, 0.3) is 10.9 Å². The first kappa shape index (κ1) is 6.28. The fourth-order valence-electron chi connectivity index (χ4n) is 1.09. The first-order valence-corrected chi connectivity index (χ1v) is 3.43. The van der Waals surface area contributed by atoms with Gasteiger partial charge >= 0.3 is 0 Å². The van der Waals surface area contributed by atoms with Crippen molar-refractivity contribution in [3.05, 3.63) is 30.5 Å². The largest absolute Gasteiger partial charge is 0.496 e. The van der Waals surface area contributed by atoms with E-state index in [4.69, 9.17) is 4.74 Å². The maximum absolute atomic E-state index is 5.02. The number of methoxy groups -OCH3 is 1. The predicted molar refractivity (Wildman–Crippen MR) is 43.7 cm³/mol. The van der Waals surface area contributed by atoms with Crippen LogP contribution in [0.15, 0.2) is 24.4 Å². The average molecular weight is 146 g/mol. The van der Waals surface area contributed by atoms with E-state index in [1.54, 1.807) is 7.11 Å². The summed E-state index contributed by atoms with van der Waals surface area (Å²) in [7, 11) is 1.64. The van der Waals surface area contributed by atoms with Crippen molar-refractivity contribution in [3.63, 3.8) is 0 Å². The molecule has 0 spiro atoms. The Balaban J connectivity index is 2.67. The number of aromatic nitrogens is 1. The number of ether oxygens (including phenoxy) is 1. The molecule has 0 aliphatic carbocycles. The number of nitrogens with one attached hydrogen (secondary N) is 1. The molecule has 0 saturated carbocycles. The summed E-state index contributed by atoms with van der Waals surface area (Å²) in [5, 5.41) is 1.15. The second kappa shape index (κ2) is 2.31. The molecule has 0 saturated heterocycles. The topological polar surface area (TPSA) is 25.0 Å². The molecule has 0 bridgehead atoms. The van der Waals surface area contributed by atoms with Crippen LogP contribution in [0.3, 0.4) is 0 Å². The molecule has 0 amide bonds. The summed E-state index contributed by atoms with van der Waals surface area (Å²) in [4.78, 5) is 3.08. The Labute approximate surface area is 64.8 Å². The Kier molecular flexibility index (Phi) is 1.32. The van der Waals surface area contributed by atoms with Crippen molar-refractivity contribution >= 4 is 10.9 Å². The lowest BCUT2D eigenvalue weighted by Gasteiger charge is -1.96. The highest BCUT2D eigenvalue weighted by Crippen LogP contribution is 2.17. The van der Waals surface area contributed by atoms with Crippen molar-refractivity contribution in [1.29, 1.82) is 0 Å². The molecule has 0 atom stereocenters. The molecule has 55 valence electrons. The number of H-pyrrole nitrogens is 1. The minimum absolute atomic E-state index is 0.775. The zero-order chi connectivity index (χ0) is 7.68. The van der Waals surface area contributed by atoms with Crippen LogP contribution < -0.4 is 4.74 Å². The van der Waals surface area contributed by atoms with Gasteiger partial charge in [-0.25, -0.2) is 0 Å². The van der Waals surface area contributed by atoms with Crippen LogP contribution in [0.5, 0.6) is 5.75 Å². The third-order valence-electron chi connectivity index (χ3n) is 1.68. The smallest absolute Gasteiger partial charge is 0.127 e. The molecule has 1 N–H and O–H groups in total. The van der Waals surface area contributed by atoms with Crippen LogP contribution in [-0.2, 0) is 0 Å². The number of fused-ring (bicyclic) bond motifs is 1. The Hall–Kier alpha value is -1.44. The van der Waals surface area contributed by atoms with Gasteiger partial charge in [-0.1, -0.05) is 0 Å². The van der Waals surface area contributed by atoms with Gasteiger partial charge in [-0.05, 0) is 18.2 Å². The molecule has 1 radical (unpaired) electrons. The van der Waals surface area contributed by atoms with Crippen LogP contribution >= 0.6 is 0 Å². The number of rotatable bonds is 1. The van der Waals surface area contributed by atoms with Crippen LogP contribution in [0.1, 0.15) is 0 Å². The van der Waals surface area contributed by atoms with Crippen molar-refractivity contribution in [2.75, 3.05) is 7.11 Å². The molecule has 0 aliphatic rings. The summed E-state index contributed by atoms with van der Waals surface area (Å²) in [6.45, 7) is 0. The second-order valence-corrected chi connectivity index (χ2v) is 2.35. The van der Waals surface area contributed by atoms with E-state index in [1.165, 1.54) is 0 Å². The molecule has 0 unspecified atom stereocenters. The fraction of sp³-hybridized carbons (Fsp3) is 0.111. The quantitative estimate of drug-likeness (QED) is 0.653. The molecule has 11 heavy (non-hydrogen) atoms. The van der Waals surface area contributed by atoms with E-state index in [2.05, 4.69) is 11.1 Å². The highest BCUT2D eigenvalue weighted by molar-refractivity contribution is 5.80. The normalized spacial score (nSPS) is 10.3. The summed E-state index contributed by atoms with van der Waals surface area (Å²) in [6.07, 6.45) is 1.90. The van der Waals surface area contributed by atoms with Crippen molar-refractivity contribution < 1.29 is 4.74 Å². The molecule has 0 aliphatic heterocycles. The molecular formula is C9H8NO. The third-order valence-corrected chi connectivity index (χ3v) is 1.68. The lowest BCUT2D eigenvalue weighted by molar-refractivity contribution is 0.414. The lowest BCUT2D eigenvalue weighted by atomic mass is 10.2. The number of benzene rings is 1. The van der Waals surface area contributed by atoms with Gasteiger partial charge in [0.15, 0.2) is 0 Å². The molecule has 1 aromatic carbocycles. The van der Waals surface area contributed by atoms with Gasteiger partial charge in [0, 0.05) is 23.2 Å². The number of hydrogen-bond acceptors (Lipinski definition) is 1. The number of aromatic amines is 1. The lowest BCUT2D eigenvalue weighted by Crippen LogP contribution is -1.80. The van der Waals surface area contributed by atoms with E-state index in [0.717, 1.165) is 16.7 Å². The third kappa shape index (κ3) is 0.963. The van der Waals surface area contributed by atoms with Gasteiger partial charge < -0.3 is 9.72 Å². The van der Waals surface area contributed by atoms with E-state index in [0.29, 0.717) is 0 Å². The minimum atomic E-state index is 0.775. The predicted octanol–water partition coefficient (Wildman–Crippen LogP) is 1.98. The summed E-state index contributed by atoms with van der Waals surface area (Å²) in [5.41, 5.74) is 1.09. The zero-order valence-electron chi connectivity index (χ0n) is 6.22. The van der Waals surface area contributed by atoms with Crippen LogP contribution in [0.4, 0.5) is 0 Å². The van der Waals surface area contributed by atoms with E-state index in [-0.39, 0.29) is 0 Å². The van der Waals surface area contributed by atoms with Gasteiger partial charge in [-0.2, -0.15) is 0 Å². The molecule has 2 rings (SSSR count). The molecule has 1 heterocycles. The molecule has 0 fully saturated rings. The van der Waals surface area contributed by atoms with E-state index in [9.17, 15) is 0 Å². The Morgan fingerprint density at radius 3 is 3.27 bits per heavy atom. The summed E-state index contributed by atoms with van der Waals surface area (Å²) < 4.78 is 5.02. The second-order valence-electron chi connectivity index (χ2n) is 2.35. The summed E-state index contributed by atoms with van der Waals surface area (Å²) in [6, 6.07) is 8.83. The first-order chi connectivity index (χ1) is 5.40. The van der Waals surface area contributed by atoms with Crippen molar-refractivity contribution in [3.8, 4) is 5.75 Å². The van der Waals surface area contributed by atoms with Crippen molar-refractivity contribution in [1.82, 2.24) is 4.98 Å². The Bertz CT molecular complexity index is 364. The van der Waals surface area contributed by atoms with Gasteiger partial charge in [0.05, 0.1) is 7.11 Å². The standard InChI is InChI=1S/C9H8NO/c1-11-8-2-3-9-7(6-8)4-5-10-9/h3-6,10H,1H3. The van der Waals surface area contributed by atoms with E-state index >= 15 is 0 Å². The van der Waals surface area contributed by atoms with Crippen LogP contribution in [0, 0.1) is 6.07 Å². The molecule has 2 nitrogen and oxygen atoms in total. The number of hydrogen-bond donors (Lipinski definition) is 1. The van der Waals surface area contributed by atoms with Gasteiger partial charge in [-0.15, -0.1) is 0 Å². The monoisotopic (exact) mass is 146 g/mol. The van der Waals surface area contributed by atoms with Gasteiger partial charge in [0.2, 0.25) is 0 Å². The van der Waals surface area contributed by atoms with Crippen molar-refractivity contribution in [2.45, 2.75) is 0 Å². The molecule has 2 aromatic rings. The highest BCUT2D eigenvalue weighted by Gasteiger charge is 1.95. The first-order valence-electron chi connectivity index (χ1n) is 3.43. The fourth-order valence-corrected chi connectivity index (χ4v) is 1.09.